The molecule has 0 saturated heterocycles. The second-order valence-corrected chi connectivity index (χ2v) is 5.15. The summed E-state index contributed by atoms with van der Waals surface area (Å²) in [6, 6.07) is 4.25. The summed E-state index contributed by atoms with van der Waals surface area (Å²) in [4.78, 5) is 0. The Kier molecular flexibility index (Phi) is 2.51. The molecule has 3 nitrogen and oxygen atoms in total. The third-order valence-corrected chi connectivity index (χ3v) is 4.16. The van der Waals surface area contributed by atoms with Gasteiger partial charge in [0.1, 0.15) is 13.2 Å². The smallest absolute Gasteiger partial charge is 0.161 e. The molecule has 0 aromatic heterocycles. The largest absolute Gasteiger partial charge is 0.486 e. The van der Waals surface area contributed by atoms with E-state index in [1.807, 2.05) is 0 Å². The molecule has 0 atom stereocenters. The second kappa shape index (κ2) is 3.91. The maximum absolute atomic E-state index is 5.97. The van der Waals surface area contributed by atoms with Crippen molar-refractivity contribution in [2.24, 2.45) is 5.73 Å². The second-order valence-electron chi connectivity index (χ2n) is 5.15. The summed E-state index contributed by atoms with van der Waals surface area (Å²) in [5.41, 5.74) is 8.80. The SMILES string of the molecule is Cc1cc2c(cc1C1(CN)CCC1)OCCO2. The summed E-state index contributed by atoms with van der Waals surface area (Å²) in [7, 11) is 0. The average molecular weight is 233 g/mol. The van der Waals surface area contributed by atoms with Crippen LogP contribution in [0.4, 0.5) is 0 Å². The van der Waals surface area contributed by atoms with Gasteiger partial charge in [0.2, 0.25) is 0 Å². The van der Waals surface area contributed by atoms with Crippen molar-refractivity contribution in [2.45, 2.75) is 31.6 Å². The van der Waals surface area contributed by atoms with Crippen LogP contribution in [0.15, 0.2) is 12.1 Å². The van der Waals surface area contributed by atoms with Crippen LogP contribution in [0.5, 0.6) is 11.5 Å². The van der Waals surface area contributed by atoms with E-state index in [-0.39, 0.29) is 5.41 Å². The number of aryl methyl sites for hydroxylation is 1. The molecule has 2 aliphatic rings. The van der Waals surface area contributed by atoms with Crippen molar-refractivity contribution < 1.29 is 9.47 Å². The van der Waals surface area contributed by atoms with Crippen molar-refractivity contribution in [3.05, 3.63) is 23.3 Å². The molecule has 0 unspecified atom stereocenters. The first-order chi connectivity index (χ1) is 8.25. The maximum atomic E-state index is 5.97. The molecule has 3 rings (SSSR count). The van der Waals surface area contributed by atoms with Gasteiger partial charge in [-0.05, 0) is 43.0 Å². The zero-order valence-corrected chi connectivity index (χ0v) is 10.3. The van der Waals surface area contributed by atoms with E-state index in [4.69, 9.17) is 15.2 Å². The van der Waals surface area contributed by atoms with E-state index in [0.29, 0.717) is 13.2 Å². The molecule has 3 heteroatoms. The lowest BCUT2D eigenvalue weighted by atomic mass is 9.63. The monoisotopic (exact) mass is 233 g/mol. The fraction of sp³-hybridized carbons (Fsp3) is 0.571. The predicted molar refractivity (Wildman–Crippen MR) is 66.8 cm³/mol. The number of hydrogen-bond donors (Lipinski definition) is 1. The molecular formula is C14H19NO2. The summed E-state index contributed by atoms with van der Waals surface area (Å²) in [6.45, 7) is 4.16. The molecular weight excluding hydrogens is 214 g/mol. The van der Waals surface area contributed by atoms with Crippen molar-refractivity contribution in [2.75, 3.05) is 19.8 Å². The van der Waals surface area contributed by atoms with Gasteiger partial charge in [0.05, 0.1) is 0 Å². The Morgan fingerprint density at radius 1 is 1.18 bits per heavy atom. The molecule has 0 spiro atoms. The molecule has 1 aliphatic heterocycles. The Balaban J connectivity index is 2.05. The number of nitrogens with two attached hydrogens (primary N) is 1. The van der Waals surface area contributed by atoms with Crippen LogP contribution in [0.2, 0.25) is 0 Å². The number of fused-ring (bicyclic) bond motifs is 1. The quantitative estimate of drug-likeness (QED) is 0.851. The summed E-state index contributed by atoms with van der Waals surface area (Å²) in [5.74, 6) is 1.76. The zero-order chi connectivity index (χ0) is 11.9. The van der Waals surface area contributed by atoms with Crippen molar-refractivity contribution in [1.82, 2.24) is 0 Å². The first-order valence-electron chi connectivity index (χ1n) is 6.36. The fourth-order valence-corrected chi connectivity index (χ4v) is 2.95. The van der Waals surface area contributed by atoms with Crippen molar-refractivity contribution in [1.29, 1.82) is 0 Å². The Hall–Kier alpha value is -1.22. The minimum Gasteiger partial charge on any atom is -0.486 e. The maximum Gasteiger partial charge on any atom is 0.161 e. The fourth-order valence-electron chi connectivity index (χ4n) is 2.95. The molecule has 17 heavy (non-hydrogen) atoms. The molecule has 1 heterocycles. The number of benzene rings is 1. The molecule has 0 bridgehead atoms. The van der Waals surface area contributed by atoms with E-state index in [1.165, 1.54) is 30.4 Å². The van der Waals surface area contributed by atoms with Crippen molar-refractivity contribution >= 4 is 0 Å². The van der Waals surface area contributed by atoms with Crippen LogP contribution in [-0.4, -0.2) is 19.8 Å². The Morgan fingerprint density at radius 3 is 2.35 bits per heavy atom. The van der Waals surface area contributed by atoms with Gasteiger partial charge >= 0.3 is 0 Å². The van der Waals surface area contributed by atoms with E-state index in [2.05, 4.69) is 19.1 Å². The Bertz CT molecular complexity index is 433. The Labute approximate surface area is 102 Å². The number of ether oxygens (including phenoxy) is 2. The minimum absolute atomic E-state index is 0.194. The highest BCUT2D eigenvalue weighted by molar-refractivity contribution is 5.51. The van der Waals surface area contributed by atoms with Gasteiger partial charge in [-0.2, -0.15) is 0 Å². The summed E-state index contributed by atoms with van der Waals surface area (Å²) in [5, 5.41) is 0. The molecule has 2 N–H and O–H groups in total. The molecule has 1 fully saturated rings. The van der Waals surface area contributed by atoms with E-state index in [9.17, 15) is 0 Å². The van der Waals surface area contributed by atoms with Crippen LogP contribution in [0, 0.1) is 6.92 Å². The number of rotatable bonds is 2. The average Bonchev–Trinajstić information content (AvgIpc) is 2.29. The van der Waals surface area contributed by atoms with Gasteiger partial charge in [-0.1, -0.05) is 6.42 Å². The summed E-state index contributed by atoms with van der Waals surface area (Å²) >= 11 is 0. The number of hydrogen-bond acceptors (Lipinski definition) is 3. The summed E-state index contributed by atoms with van der Waals surface area (Å²) in [6.07, 6.45) is 3.68. The van der Waals surface area contributed by atoms with Gasteiger partial charge in [0.25, 0.3) is 0 Å². The first-order valence-corrected chi connectivity index (χ1v) is 6.36. The first kappa shape index (κ1) is 10.9. The van der Waals surface area contributed by atoms with Gasteiger partial charge in [-0.25, -0.2) is 0 Å². The lowest BCUT2D eigenvalue weighted by Gasteiger charge is -2.43. The lowest BCUT2D eigenvalue weighted by molar-refractivity contribution is 0.170. The zero-order valence-electron chi connectivity index (χ0n) is 10.3. The molecule has 1 saturated carbocycles. The van der Waals surface area contributed by atoms with Gasteiger partial charge in [0.15, 0.2) is 11.5 Å². The van der Waals surface area contributed by atoms with Gasteiger partial charge in [0, 0.05) is 12.0 Å². The van der Waals surface area contributed by atoms with E-state index in [1.54, 1.807) is 0 Å². The Morgan fingerprint density at radius 2 is 1.82 bits per heavy atom. The molecule has 1 aliphatic carbocycles. The topological polar surface area (TPSA) is 44.5 Å². The van der Waals surface area contributed by atoms with Crippen LogP contribution in [0.25, 0.3) is 0 Å². The molecule has 0 radical (unpaired) electrons. The highest BCUT2D eigenvalue weighted by Crippen LogP contribution is 2.47. The third-order valence-electron chi connectivity index (χ3n) is 4.16. The lowest BCUT2D eigenvalue weighted by Crippen LogP contribution is -2.42. The van der Waals surface area contributed by atoms with E-state index < -0.39 is 0 Å². The molecule has 0 amide bonds. The van der Waals surface area contributed by atoms with Crippen LogP contribution in [-0.2, 0) is 5.41 Å². The highest BCUT2D eigenvalue weighted by Gasteiger charge is 2.39. The van der Waals surface area contributed by atoms with Gasteiger partial charge < -0.3 is 15.2 Å². The van der Waals surface area contributed by atoms with Crippen LogP contribution < -0.4 is 15.2 Å². The molecule has 1 aromatic carbocycles. The van der Waals surface area contributed by atoms with Crippen LogP contribution in [0.1, 0.15) is 30.4 Å². The van der Waals surface area contributed by atoms with Crippen molar-refractivity contribution in [3.8, 4) is 11.5 Å². The highest BCUT2D eigenvalue weighted by atomic mass is 16.6. The third kappa shape index (κ3) is 1.61. The summed E-state index contributed by atoms with van der Waals surface area (Å²) < 4.78 is 11.3. The predicted octanol–water partition coefficient (Wildman–Crippen LogP) is 2.15. The minimum atomic E-state index is 0.194. The van der Waals surface area contributed by atoms with Crippen LogP contribution in [0.3, 0.4) is 0 Å². The molecule has 1 aromatic rings. The van der Waals surface area contributed by atoms with Crippen molar-refractivity contribution in [3.63, 3.8) is 0 Å². The normalized spacial score (nSPS) is 20.8. The van der Waals surface area contributed by atoms with Crippen LogP contribution >= 0.6 is 0 Å². The van der Waals surface area contributed by atoms with Gasteiger partial charge in [-0.3, -0.25) is 0 Å². The molecule has 92 valence electrons. The van der Waals surface area contributed by atoms with E-state index >= 15 is 0 Å². The van der Waals surface area contributed by atoms with Gasteiger partial charge in [-0.15, -0.1) is 0 Å². The van der Waals surface area contributed by atoms with E-state index in [0.717, 1.165) is 18.0 Å². The standard InChI is InChI=1S/C14H19NO2/c1-10-7-12-13(17-6-5-16-12)8-11(10)14(9-15)3-2-4-14/h7-8H,2-6,9,15H2,1H3.